The first-order valence-corrected chi connectivity index (χ1v) is 36.2. The molecule has 3 heterocycles. The van der Waals surface area contributed by atoms with Crippen LogP contribution in [-0.4, -0.2) is 193 Å². The Hall–Kier alpha value is -1.99. The normalized spacial score (nSPS) is 28.2. The number of aliphatic hydroxyl groups is 11. The van der Waals surface area contributed by atoms with Gasteiger partial charge in [-0.25, -0.2) is 0 Å². The molecule has 0 aromatic carbocycles. The number of unbranched alkanes of at least 4 members (excludes halogenated alkanes) is 36. The summed E-state index contributed by atoms with van der Waals surface area (Å²) in [6.45, 7) is 1.74. The van der Waals surface area contributed by atoms with Crippen LogP contribution in [0.4, 0.5) is 0 Å². The summed E-state index contributed by atoms with van der Waals surface area (Å²) in [5, 5.41) is 121. The van der Waals surface area contributed by atoms with Crippen molar-refractivity contribution in [2.24, 2.45) is 0 Å². The zero-order valence-electron chi connectivity index (χ0n) is 55.9. The van der Waals surface area contributed by atoms with Crippen LogP contribution in [0.3, 0.4) is 0 Å². The molecule has 0 aromatic rings. The van der Waals surface area contributed by atoms with Gasteiger partial charge >= 0.3 is 0 Å². The van der Waals surface area contributed by atoms with E-state index < -0.39 is 124 Å². The molecule has 17 unspecified atom stereocenters. The van der Waals surface area contributed by atoms with Gasteiger partial charge in [-0.3, -0.25) is 4.79 Å². The molecule has 0 bridgehead atoms. The van der Waals surface area contributed by atoms with E-state index in [0.717, 1.165) is 44.9 Å². The number of ether oxygens (including phenoxy) is 6. The fourth-order valence-electron chi connectivity index (χ4n) is 12.3. The minimum absolute atomic E-state index is 0.236. The molecule has 19 nitrogen and oxygen atoms in total. The van der Waals surface area contributed by atoms with E-state index in [2.05, 4.69) is 43.5 Å². The van der Waals surface area contributed by atoms with Gasteiger partial charge < -0.3 is 89.9 Å². The maximum Gasteiger partial charge on any atom is 0.220 e. The van der Waals surface area contributed by atoms with Crippen molar-refractivity contribution in [2.75, 3.05) is 26.4 Å². The van der Waals surface area contributed by atoms with E-state index in [1.54, 1.807) is 6.08 Å². The molecule has 0 spiro atoms. The second kappa shape index (κ2) is 53.2. The molecule has 3 rings (SSSR count). The van der Waals surface area contributed by atoms with Crippen molar-refractivity contribution in [2.45, 2.75) is 381 Å². The van der Waals surface area contributed by atoms with Gasteiger partial charge in [-0.15, -0.1) is 0 Å². The Morgan fingerprint density at radius 3 is 1.11 bits per heavy atom. The van der Waals surface area contributed by atoms with Gasteiger partial charge in [0.25, 0.3) is 0 Å². The summed E-state index contributed by atoms with van der Waals surface area (Å²) in [5.41, 5.74) is 0. The highest BCUT2D eigenvalue weighted by Crippen LogP contribution is 2.33. The van der Waals surface area contributed by atoms with Crippen LogP contribution in [-0.2, 0) is 33.2 Å². The molecule has 3 saturated heterocycles. The van der Waals surface area contributed by atoms with Gasteiger partial charge in [0.15, 0.2) is 18.9 Å². The van der Waals surface area contributed by atoms with E-state index in [9.17, 15) is 61.0 Å². The third-order valence-electron chi connectivity index (χ3n) is 18.2. The van der Waals surface area contributed by atoms with Gasteiger partial charge in [0.1, 0.15) is 73.2 Å². The lowest BCUT2D eigenvalue weighted by Crippen LogP contribution is -2.66. The quantitative estimate of drug-likeness (QED) is 0.0199. The Kier molecular flexibility index (Phi) is 48.6. The molecule has 528 valence electrons. The fraction of sp³-hybridized carbons (Fsp3) is 0.901. The molecule has 17 atom stereocenters. The summed E-state index contributed by atoms with van der Waals surface area (Å²) >= 11 is 0. The fourth-order valence-corrected chi connectivity index (χ4v) is 12.3. The van der Waals surface area contributed by atoms with Crippen LogP contribution in [0.2, 0.25) is 0 Å². The average Bonchev–Trinajstić information content (AvgIpc) is 1.32. The molecule has 1 amide bonds. The van der Waals surface area contributed by atoms with E-state index in [1.807, 2.05) is 6.08 Å². The number of nitrogens with one attached hydrogen (secondary N) is 1. The Bertz CT molecular complexity index is 1780. The molecule has 3 aliphatic rings. The molecule has 0 saturated carbocycles. The second-order valence-corrected chi connectivity index (χ2v) is 26.0. The number of carbonyl (C=O) groups excluding carboxylic acids is 1. The molecule has 19 heteroatoms. The smallest absolute Gasteiger partial charge is 0.220 e. The molecule has 0 aromatic heterocycles. The lowest BCUT2D eigenvalue weighted by Gasteiger charge is -2.48. The van der Waals surface area contributed by atoms with Gasteiger partial charge in [-0.05, 0) is 44.9 Å². The molecule has 0 radical (unpaired) electrons. The van der Waals surface area contributed by atoms with E-state index in [-0.39, 0.29) is 18.9 Å². The minimum atomic E-state index is -1.98. The number of carbonyl (C=O) groups is 1. The maximum atomic E-state index is 13.4. The summed E-state index contributed by atoms with van der Waals surface area (Å²) in [6, 6.07) is -0.995. The Morgan fingerprint density at radius 1 is 0.389 bits per heavy atom. The van der Waals surface area contributed by atoms with Gasteiger partial charge in [0, 0.05) is 6.42 Å². The molecule has 3 fully saturated rings. The Balaban J connectivity index is 1.45. The van der Waals surface area contributed by atoms with E-state index in [0.29, 0.717) is 12.8 Å². The van der Waals surface area contributed by atoms with E-state index in [4.69, 9.17) is 28.4 Å². The highest BCUT2D eigenvalue weighted by molar-refractivity contribution is 5.76. The highest BCUT2D eigenvalue weighted by atomic mass is 16.8. The lowest BCUT2D eigenvalue weighted by atomic mass is 9.96. The molecule has 0 aliphatic carbocycles. The Labute approximate surface area is 542 Å². The van der Waals surface area contributed by atoms with Crippen LogP contribution >= 0.6 is 0 Å². The largest absolute Gasteiger partial charge is 0.394 e. The van der Waals surface area contributed by atoms with Crippen molar-refractivity contribution >= 4 is 5.91 Å². The van der Waals surface area contributed by atoms with Crippen LogP contribution < -0.4 is 5.32 Å². The van der Waals surface area contributed by atoms with Crippen molar-refractivity contribution in [1.82, 2.24) is 5.32 Å². The van der Waals surface area contributed by atoms with Crippen LogP contribution in [0.1, 0.15) is 277 Å². The third-order valence-corrected chi connectivity index (χ3v) is 18.2. The van der Waals surface area contributed by atoms with Gasteiger partial charge in [0.2, 0.25) is 5.91 Å². The molecular weight excluding hydrogens is 1150 g/mol. The van der Waals surface area contributed by atoms with E-state index >= 15 is 0 Å². The summed E-state index contributed by atoms with van der Waals surface area (Å²) < 4.78 is 34.4. The van der Waals surface area contributed by atoms with E-state index in [1.165, 1.54) is 199 Å². The van der Waals surface area contributed by atoms with Crippen molar-refractivity contribution in [3.8, 4) is 0 Å². The van der Waals surface area contributed by atoms with Crippen molar-refractivity contribution in [3.63, 3.8) is 0 Å². The van der Waals surface area contributed by atoms with Crippen LogP contribution in [0.15, 0.2) is 36.5 Å². The number of amides is 1. The first kappa shape index (κ1) is 82.2. The van der Waals surface area contributed by atoms with Gasteiger partial charge in [-0.1, -0.05) is 262 Å². The number of hydrogen-bond acceptors (Lipinski definition) is 18. The summed E-state index contributed by atoms with van der Waals surface area (Å²) in [7, 11) is 0. The monoisotopic (exact) mass is 1290 g/mol. The first-order chi connectivity index (χ1) is 43.8. The number of aliphatic hydroxyl groups excluding tert-OH is 11. The molecule has 12 N–H and O–H groups in total. The van der Waals surface area contributed by atoms with Crippen LogP contribution in [0.5, 0.6) is 0 Å². The van der Waals surface area contributed by atoms with Gasteiger partial charge in [-0.2, -0.15) is 0 Å². The number of rotatable bonds is 56. The lowest BCUT2D eigenvalue weighted by molar-refractivity contribution is -0.379. The summed E-state index contributed by atoms with van der Waals surface area (Å²) in [5.74, 6) is -0.285. The maximum absolute atomic E-state index is 13.4. The second-order valence-electron chi connectivity index (χ2n) is 26.0. The predicted octanol–water partition coefficient (Wildman–Crippen LogP) is 10.00. The number of allylic oxidation sites excluding steroid dienone is 5. The first-order valence-electron chi connectivity index (χ1n) is 36.2. The highest BCUT2D eigenvalue weighted by Gasteiger charge is 2.53. The minimum Gasteiger partial charge on any atom is -0.394 e. The van der Waals surface area contributed by atoms with Gasteiger partial charge in [0.05, 0.1) is 38.6 Å². The molecular formula is C71H131NO18. The molecule has 90 heavy (non-hydrogen) atoms. The van der Waals surface area contributed by atoms with Crippen molar-refractivity contribution in [3.05, 3.63) is 36.5 Å². The predicted molar refractivity (Wildman–Crippen MR) is 351 cm³/mol. The zero-order chi connectivity index (χ0) is 65.4. The third kappa shape index (κ3) is 34.6. The SMILES string of the molecule is CCCCCCCCCCCCCCCC/C=C/CC/C=C/CC/C=C/C(O)C(COC1OC(CO)C(OC2OC(CO)C(OC3OC(CO)C(O)C(O)C3O)C(O)C2O)C(O)C1O)NC(=O)CCCCCCCCCCCCCCCCCCCCCCC. The van der Waals surface area contributed by atoms with Crippen LogP contribution in [0, 0.1) is 0 Å². The topological polar surface area (TPSA) is 307 Å². The van der Waals surface area contributed by atoms with Crippen LogP contribution in [0.25, 0.3) is 0 Å². The van der Waals surface area contributed by atoms with Crippen molar-refractivity contribution < 1.29 is 89.4 Å². The average molecular weight is 1290 g/mol. The Morgan fingerprint density at radius 2 is 0.711 bits per heavy atom. The number of hydrogen-bond donors (Lipinski definition) is 12. The zero-order valence-corrected chi connectivity index (χ0v) is 55.9. The van der Waals surface area contributed by atoms with Crippen molar-refractivity contribution in [1.29, 1.82) is 0 Å². The summed E-state index contributed by atoms with van der Waals surface area (Å²) in [6.07, 6.45) is 35.5. The molecule has 3 aliphatic heterocycles. The standard InChI is InChI=1S/C71H131NO18/c1-3-5-7-9-11-13-15-17-19-21-23-25-26-27-29-30-32-34-36-38-40-42-44-46-48-55(76)54(72-59(77)49-47-45-43-41-39-37-35-33-31-28-24-22-20-18-16-14-12-10-8-6-4-2)53-85-69-65(83)62(80)67(57(51-74)87-69)90-71-66(84)63(81)68(58(52-75)88-71)89-70-64(82)61(79)60(78)56(50-73)86-70/h30,32,38,40,46,48,54-58,60-71,73-76,78-84H,3-29,31,33-37,39,41-45,47,49-53H2,1-2H3,(H,72,77)/b32-30+,40-38+,48-46+. The summed E-state index contributed by atoms with van der Waals surface area (Å²) in [4.78, 5) is 13.4.